The third kappa shape index (κ3) is 5.91. The lowest BCUT2D eigenvalue weighted by molar-refractivity contribution is -0.138. The van der Waals surface area contributed by atoms with Crippen molar-refractivity contribution in [2.75, 3.05) is 13.1 Å². The normalized spacial score (nSPS) is 11.7. The van der Waals surface area contributed by atoms with Gasteiger partial charge in [-0.2, -0.15) is 0 Å². The van der Waals surface area contributed by atoms with Gasteiger partial charge in [0.05, 0.1) is 0 Å². The van der Waals surface area contributed by atoms with Crippen LogP contribution >= 0.6 is 0 Å². The van der Waals surface area contributed by atoms with E-state index in [0.717, 1.165) is 10.8 Å². The molecule has 3 N–H and O–H groups in total. The lowest BCUT2D eigenvalue weighted by Gasteiger charge is -2.11. The van der Waals surface area contributed by atoms with Crippen molar-refractivity contribution >= 4 is 28.6 Å². The SMILES string of the molecule is CC(CNC(=O)CCNC(=O)c1ccc2ccccc2c1)CC(=O)O. The van der Waals surface area contributed by atoms with E-state index in [1.165, 1.54) is 0 Å². The van der Waals surface area contributed by atoms with Crippen molar-refractivity contribution in [2.24, 2.45) is 5.92 Å². The molecule has 0 bridgehead atoms. The molecule has 0 saturated heterocycles. The van der Waals surface area contributed by atoms with Crippen LogP contribution in [0.25, 0.3) is 10.8 Å². The van der Waals surface area contributed by atoms with Crippen LogP contribution in [0.3, 0.4) is 0 Å². The molecule has 2 rings (SSSR count). The summed E-state index contributed by atoms with van der Waals surface area (Å²) < 4.78 is 0. The first-order valence-electron chi connectivity index (χ1n) is 8.21. The summed E-state index contributed by atoms with van der Waals surface area (Å²) in [5.41, 5.74) is 0.550. The van der Waals surface area contributed by atoms with Gasteiger partial charge < -0.3 is 15.7 Å². The topological polar surface area (TPSA) is 95.5 Å². The predicted octanol–water partition coefficient (Wildman–Crippen LogP) is 2.19. The monoisotopic (exact) mass is 342 g/mol. The molecule has 1 atom stereocenters. The highest BCUT2D eigenvalue weighted by atomic mass is 16.4. The zero-order valence-electron chi connectivity index (χ0n) is 14.1. The number of nitrogens with one attached hydrogen (secondary N) is 2. The van der Waals surface area contributed by atoms with E-state index >= 15 is 0 Å². The quantitative estimate of drug-likeness (QED) is 0.685. The van der Waals surface area contributed by atoms with Crippen LogP contribution in [-0.4, -0.2) is 36.0 Å². The second kappa shape index (κ2) is 8.82. The number of carbonyl (C=O) groups is 3. The minimum absolute atomic E-state index is 0.0129. The highest BCUT2D eigenvalue weighted by molar-refractivity contribution is 5.98. The minimum Gasteiger partial charge on any atom is -0.481 e. The minimum atomic E-state index is -0.885. The first-order valence-corrected chi connectivity index (χ1v) is 8.21. The number of hydrogen-bond acceptors (Lipinski definition) is 3. The highest BCUT2D eigenvalue weighted by Crippen LogP contribution is 2.15. The van der Waals surface area contributed by atoms with E-state index in [-0.39, 0.29) is 37.1 Å². The van der Waals surface area contributed by atoms with Gasteiger partial charge >= 0.3 is 5.97 Å². The fourth-order valence-electron chi connectivity index (χ4n) is 2.47. The van der Waals surface area contributed by atoms with Gasteiger partial charge in [0, 0.05) is 31.5 Å². The molecule has 0 saturated carbocycles. The second-order valence-electron chi connectivity index (χ2n) is 6.07. The molecule has 0 heterocycles. The summed E-state index contributed by atoms with van der Waals surface area (Å²) in [6.45, 7) is 2.30. The Morgan fingerprint density at radius 2 is 1.76 bits per heavy atom. The molecular weight excluding hydrogens is 320 g/mol. The summed E-state index contributed by atoms with van der Waals surface area (Å²) in [6.07, 6.45) is 0.165. The molecule has 0 aromatic heterocycles. The largest absolute Gasteiger partial charge is 0.481 e. The van der Waals surface area contributed by atoms with Crippen LogP contribution in [0.1, 0.15) is 30.1 Å². The van der Waals surface area contributed by atoms with E-state index in [2.05, 4.69) is 10.6 Å². The van der Waals surface area contributed by atoms with E-state index in [9.17, 15) is 14.4 Å². The number of rotatable bonds is 8. The highest BCUT2D eigenvalue weighted by Gasteiger charge is 2.10. The Balaban J connectivity index is 1.75. The summed E-state index contributed by atoms with van der Waals surface area (Å²) in [5, 5.41) is 16.1. The third-order valence-corrected chi connectivity index (χ3v) is 3.82. The number of carboxylic acid groups (broad SMARTS) is 1. The first kappa shape index (κ1) is 18.4. The van der Waals surface area contributed by atoms with Crippen molar-refractivity contribution in [3.8, 4) is 0 Å². The molecule has 132 valence electrons. The number of carbonyl (C=O) groups excluding carboxylic acids is 2. The van der Waals surface area contributed by atoms with E-state index < -0.39 is 5.97 Å². The maximum atomic E-state index is 12.1. The van der Waals surface area contributed by atoms with Crippen LogP contribution in [-0.2, 0) is 9.59 Å². The molecule has 0 aliphatic carbocycles. The number of benzene rings is 2. The molecule has 2 aromatic rings. The Hall–Kier alpha value is -2.89. The van der Waals surface area contributed by atoms with Gasteiger partial charge in [0.15, 0.2) is 0 Å². The molecule has 1 unspecified atom stereocenters. The molecule has 0 fully saturated rings. The van der Waals surface area contributed by atoms with Crippen LogP contribution in [0.5, 0.6) is 0 Å². The lowest BCUT2D eigenvalue weighted by atomic mass is 10.1. The molecule has 0 radical (unpaired) electrons. The van der Waals surface area contributed by atoms with E-state index in [4.69, 9.17) is 5.11 Å². The Morgan fingerprint density at radius 1 is 1.04 bits per heavy atom. The Labute approximate surface area is 146 Å². The summed E-state index contributed by atoms with van der Waals surface area (Å²) >= 11 is 0. The van der Waals surface area contributed by atoms with Crippen molar-refractivity contribution in [1.29, 1.82) is 0 Å². The third-order valence-electron chi connectivity index (χ3n) is 3.82. The van der Waals surface area contributed by atoms with E-state index in [0.29, 0.717) is 12.1 Å². The Kier molecular flexibility index (Phi) is 6.51. The first-order chi connectivity index (χ1) is 12.0. The Bertz CT molecular complexity index is 773. The van der Waals surface area contributed by atoms with Crippen LogP contribution in [0.2, 0.25) is 0 Å². The Morgan fingerprint density at radius 3 is 2.48 bits per heavy atom. The summed E-state index contributed by atoms with van der Waals surface area (Å²) in [6, 6.07) is 13.2. The zero-order valence-corrected chi connectivity index (χ0v) is 14.1. The number of amides is 2. The molecule has 0 aliphatic rings. The fraction of sp³-hybridized carbons (Fsp3) is 0.316. The average molecular weight is 342 g/mol. The van der Waals surface area contributed by atoms with Gasteiger partial charge in [0.25, 0.3) is 5.91 Å². The van der Waals surface area contributed by atoms with Crippen molar-refractivity contribution in [2.45, 2.75) is 19.8 Å². The number of aliphatic carboxylic acids is 1. The fourth-order valence-corrected chi connectivity index (χ4v) is 2.47. The average Bonchev–Trinajstić information content (AvgIpc) is 2.59. The molecule has 0 spiro atoms. The molecule has 0 aliphatic heterocycles. The van der Waals surface area contributed by atoms with Crippen molar-refractivity contribution < 1.29 is 19.5 Å². The van der Waals surface area contributed by atoms with Crippen LogP contribution in [0.4, 0.5) is 0 Å². The standard InChI is InChI=1S/C19H22N2O4/c1-13(10-18(23)24)12-21-17(22)8-9-20-19(25)16-7-6-14-4-2-3-5-15(14)11-16/h2-7,11,13H,8-10,12H2,1H3,(H,20,25)(H,21,22)(H,23,24). The molecule has 25 heavy (non-hydrogen) atoms. The zero-order chi connectivity index (χ0) is 18.2. The van der Waals surface area contributed by atoms with Gasteiger partial charge in [0.1, 0.15) is 0 Å². The van der Waals surface area contributed by atoms with Crippen molar-refractivity contribution in [3.05, 3.63) is 48.0 Å². The van der Waals surface area contributed by atoms with Crippen LogP contribution in [0, 0.1) is 5.92 Å². The van der Waals surface area contributed by atoms with E-state index in [1.54, 1.807) is 13.0 Å². The van der Waals surface area contributed by atoms with Crippen LogP contribution < -0.4 is 10.6 Å². The summed E-state index contributed by atoms with van der Waals surface area (Å²) in [5.74, 6) is -1.45. The summed E-state index contributed by atoms with van der Waals surface area (Å²) in [4.78, 5) is 34.4. The van der Waals surface area contributed by atoms with Crippen molar-refractivity contribution in [1.82, 2.24) is 10.6 Å². The maximum absolute atomic E-state index is 12.1. The number of fused-ring (bicyclic) bond motifs is 1. The van der Waals surface area contributed by atoms with Gasteiger partial charge in [-0.15, -0.1) is 0 Å². The van der Waals surface area contributed by atoms with Crippen LogP contribution in [0.15, 0.2) is 42.5 Å². The van der Waals surface area contributed by atoms with Gasteiger partial charge in [-0.25, -0.2) is 0 Å². The lowest BCUT2D eigenvalue weighted by Crippen LogP contribution is -2.33. The van der Waals surface area contributed by atoms with Crippen molar-refractivity contribution in [3.63, 3.8) is 0 Å². The predicted molar refractivity (Wildman–Crippen MR) is 95.3 cm³/mol. The second-order valence-corrected chi connectivity index (χ2v) is 6.07. The smallest absolute Gasteiger partial charge is 0.303 e. The number of carboxylic acids is 1. The van der Waals surface area contributed by atoms with Gasteiger partial charge in [-0.05, 0) is 28.8 Å². The van der Waals surface area contributed by atoms with Gasteiger partial charge in [-0.3, -0.25) is 14.4 Å². The van der Waals surface area contributed by atoms with Gasteiger partial charge in [0.2, 0.25) is 5.91 Å². The molecular formula is C19H22N2O4. The van der Waals surface area contributed by atoms with E-state index in [1.807, 2.05) is 36.4 Å². The maximum Gasteiger partial charge on any atom is 0.303 e. The molecule has 2 aromatic carbocycles. The molecule has 2 amide bonds. The molecule has 6 heteroatoms. The van der Waals surface area contributed by atoms with Gasteiger partial charge in [-0.1, -0.05) is 37.3 Å². The number of hydrogen-bond donors (Lipinski definition) is 3. The molecule has 6 nitrogen and oxygen atoms in total. The summed E-state index contributed by atoms with van der Waals surface area (Å²) in [7, 11) is 0.